The van der Waals surface area contributed by atoms with Crippen LogP contribution in [0.5, 0.6) is 0 Å². The molecule has 18 heavy (non-hydrogen) atoms. The molecule has 4 nitrogen and oxygen atoms in total. The number of nitrogens with zero attached hydrogens (tertiary/aromatic N) is 3. The van der Waals surface area contributed by atoms with E-state index in [4.69, 9.17) is 12.2 Å². The molecule has 0 aliphatic carbocycles. The van der Waals surface area contributed by atoms with Crippen molar-refractivity contribution >= 4 is 12.2 Å². The lowest BCUT2D eigenvalue weighted by Gasteiger charge is -2.23. The summed E-state index contributed by atoms with van der Waals surface area (Å²) in [6.07, 6.45) is 2.85. The van der Waals surface area contributed by atoms with Gasteiger partial charge < -0.3 is 0 Å². The number of nitrogens with one attached hydrogen (secondary N) is 1. The van der Waals surface area contributed by atoms with E-state index in [1.54, 1.807) is 6.20 Å². The summed E-state index contributed by atoms with van der Waals surface area (Å²) in [4.78, 5) is 4.33. The Morgan fingerprint density at radius 3 is 2.78 bits per heavy atom. The van der Waals surface area contributed by atoms with Crippen LogP contribution in [0, 0.1) is 10.2 Å². The Morgan fingerprint density at radius 2 is 2.17 bits per heavy atom. The molecule has 0 saturated carbocycles. The van der Waals surface area contributed by atoms with Gasteiger partial charge in [-0.25, -0.2) is 0 Å². The first kappa shape index (κ1) is 13.0. The monoisotopic (exact) mass is 262 g/mol. The summed E-state index contributed by atoms with van der Waals surface area (Å²) in [5.74, 6) is 0.808. The SMILES string of the molecule is CCC(C)(C)Cn1c(-c2ccccn2)n[nH]c1=S. The lowest BCUT2D eigenvalue weighted by Crippen LogP contribution is -2.19. The third-order valence-electron chi connectivity index (χ3n) is 3.20. The minimum Gasteiger partial charge on any atom is -0.298 e. The third-order valence-corrected chi connectivity index (χ3v) is 3.51. The van der Waals surface area contributed by atoms with E-state index in [0.29, 0.717) is 4.77 Å². The molecule has 0 aromatic carbocycles. The van der Waals surface area contributed by atoms with Crippen LogP contribution in [0.4, 0.5) is 0 Å². The average molecular weight is 262 g/mol. The maximum Gasteiger partial charge on any atom is 0.195 e. The molecule has 0 unspecified atom stereocenters. The van der Waals surface area contributed by atoms with Gasteiger partial charge in [0.05, 0.1) is 0 Å². The van der Waals surface area contributed by atoms with Gasteiger partial charge in [-0.1, -0.05) is 26.8 Å². The maximum absolute atomic E-state index is 5.31. The maximum atomic E-state index is 5.31. The second-order valence-corrected chi connectivity index (χ2v) is 5.56. The highest BCUT2D eigenvalue weighted by Crippen LogP contribution is 2.25. The van der Waals surface area contributed by atoms with Gasteiger partial charge in [0.25, 0.3) is 0 Å². The van der Waals surface area contributed by atoms with Crippen LogP contribution >= 0.6 is 12.2 Å². The lowest BCUT2D eigenvalue weighted by atomic mass is 9.90. The summed E-state index contributed by atoms with van der Waals surface area (Å²) >= 11 is 5.31. The molecule has 0 saturated heterocycles. The van der Waals surface area contributed by atoms with Crippen molar-refractivity contribution in [2.24, 2.45) is 5.41 Å². The quantitative estimate of drug-likeness (QED) is 0.859. The predicted molar refractivity (Wildman–Crippen MR) is 74.7 cm³/mol. The fraction of sp³-hybridized carbons (Fsp3) is 0.462. The van der Waals surface area contributed by atoms with Gasteiger partial charge in [0.2, 0.25) is 0 Å². The van der Waals surface area contributed by atoms with Crippen LogP contribution in [0.1, 0.15) is 27.2 Å². The Kier molecular flexibility index (Phi) is 3.61. The molecule has 2 rings (SSSR count). The van der Waals surface area contributed by atoms with Crippen molar-refractivity contribution in [2.75, 3.05) is 0 Å². The molecule has 5 heteroatoms. The number of hydrogen-bond acceptors (Lipinski definition) is 3. The van der Waals surface area contributed by atoms with Gasteiger partial charge in [-0.3, -0.25) is 14.6 Å². The van der Waals surface area contributed by atoms with Crippen molar-refractivity contribution in [1.29, 1.82) is 0 Å². The van der Waals surface area contributed by atoms with E-state index in [-0.39, 0.29) is 5.41 Å². The minimum absolute atomic E-state index is 0.186. The zero-order valence-corrected chi connectivity index (χ0v) is 11.8. The summed E-state index contributed by atoms with van der Waals surface area (Å²) in [5.41, 5.74) is 1.03. The van der Waals surface area contributed by atoms with Crippen LogP contribution in [0.25, 0.3) is 11.5 Å². The zero-order chi connectivity index (χ0) is 13.2. The Labute approximate surface area is 112 Å². The van der Waals surface area contributed by atoms with Crippen molar-refractivity contribution in [3.63, 3.8) is 0 Å². The number of aromatic amines is 1. The average Bonchev–Trinajstić information content (AvgIpc) is 2.72. The summed E-state index contributed by atoms with van der Waals surface area (Å²) in [5, 5.41) is 7.15. The summed E-state index contributed by atoms with van der Waals surface area (Å²) in [6, 6.07) is 5.79. The van der Waals surface area contributed by atoms with Crippen molar-refractivity contribution in [2.45, 2.75) is 33.7 Å². The first-order valence-corrected chi connectivity index (χ1v) is 6.51. The molecule has 0 spiro atoms. The number of H-pyrrole nitrogens is 1. The third kappa shape index (κ3) is 2.67. The van der Waals surface area contributed by atoms with Gasteiger partial charge in [-0.05, 0) is 36.2 Å². The molecule has 1 N–H and O–H groups in total. The smallest absolute Gasteiger partial charge is 0.195 e. The molecule has 0 fully saturated rings. The van der Waals surface area contributed by atoms with Crippen LogP contribution < -0.4 is 0 Å². The highest BCUT2D eigenvalue weighted by atomic mass is 32.1. The second kappa shape index (κ2) is 5.02. The zero-order valence-electron chi connectivity index (χ0n) is 11.0. The molecule has 2 aromatic rings. The topological polar surface area (TPSA) is 46.5 Å². The Hall–Kier alpha value is -1.49. The van der Waals surface area contributed by atoms with Crippen LogP contribution in [0.15, 0.2) is 24.4 Å². The van der Waals surface area contributed by atoms with Crippen LogP contribution in [-0.4, -0.2) is 19.7 Å². The van der Waals surface area contributed by atoms with E-state index in [1.807, 2.05) is 22.8 Å². The molecular weight excluding hydrogens is 244 g/mol. The second-order valence-electron chi connectivity index (χ2n) is 5.17. The van der Waals surface area contributed by atoms with Gasteiger partial charge in [-0.2, -0.15) is 5.10 Å². The first-order valence-electron chi connectivity index (χ1n) is 6.10. The fourth-order valence-corrected chi connectivity index (χ4v) is 1.89. The number of aromatic nitrogens is 4. The summed E-state index contributed by atoms with van der Waals surface area (Å²) in [6.45, 7) is 7.48. The van der Waals surface area contributed by atoms with E-state index in [9.17, 15) is 0 Å². The number of hydrogen-bond donors (Lipinski definition) is 1. The minimum atomic E-state index is 0.186. The Balaban J connectivity index is 2.43. The molecule has 0 amide bonds. The highest BCUT2D eigenvalue weighted by molar-refractivity contribution is 7.71. The lowest BCUT2D eigenvalue weighted by molar-refractivity contribution is 0.294. The molecule has 0 aliphatic rings. The standard InChI is InChI=1S/C13H18N4S/c1-4-13(2,3)9-17-11(15-16-12(17)18)10-7-5-6-8-14-10/h5-8H,4,9H2,1-3H3,(H,16,18). The molecular formula is C13H18N4S. The van der Waals surface area contributed by atoms with Gasteiger partial charge in [-0.15, -0.1) is 0 Å². The highest BCUT2D eigenvalue weighted by Gasteiger charge is 2.19. The van der Waals surface area contributed by atoms with Gasteiger partial charge >= 0.3 is 0 Å². The van der Waals surface area contributed by atoms with Crippen LogP contribution in [0.3, 0.4) is 0 Å². The van der Waals surface area contributed by atoms with E-state index < -0.39 is 0 Å². The van der Waals surface area contributed by atoms with Crippen LogP contribution in [0.2, 0.25) is 0 Å². The first-order chi connectivity index (χ1) is 8.53. The summed E-state index contributed by atoms with van der Waals surface area (Å²) in [7, 11) is 0. The van der Waals surface area contributed by atoms with E-state index in [1.165, 1.54) is 0 Å². The normalized spacial score (nSPS) is 11.7. The summed E-state index contributed by atoms with van der Waals surface area (Å²) < 4.78 is 2.68. The predicted octanol–water partition coefficient (Wildman–Crippen LogP) is 3.44. The van der Waals surface area contributed by atoms with Gasteiger partial charge in [0.1, 0.15) is 5.69 Å². The van der Waals surface area contributed by atoms with Crippen molar-refractivity contribution in [1.82, 2.24) is 19.7 Å². The number of pyridine rings is 1. The van der Waals surface area contributed by atoms with Gasteiger partial charge in [0.15, 0.2) is 10.6 Å². The molecule has 2 heterocycles. The van der Waals surface area contributed by atoms with Gasteiger partial charge in [0, 0.05) is 12.7 Å². The Morgan fingerprint density at radius 1 is 1.39 bits per heavy atom. The molecule has 0 radical (unpaired) electrons. The van der Waals surface area contributed by atoms with Crippen LogP contribution in [-0.2, 0) is 6.54 Å². The van der Waals surface area contributed by atoms with E-state index in [0.717, 1.165) is 24.5 Å². The Bertz CT molecular complexity index is 568. The largest absolute Gasteiger partial charge is 0.298 e. The molecule has 96 valence electrons. The molecule has 2 aromatic heterocycles. The molecule has 0 bridgehead atoms. The number of rotatable bonds is 4. The van der Waals surface area contributed by atoms with Crippen molar-refractivity contribution in [3.8, 4) is 11.5 Å². The fourth-order valence-electron chi connectivity index (χ4n) is 1.69. The molecule has 0 atom stereocenters. The molecule has 0 aliphatic heterocycles. The van der Waals surface area contributed by atoms with Crippen molar-refractivity contribution < 1.29 is 0 Å². The van der Waals surface area contributed by atoms with E-state index >= 15 is 0 Å². The van der Waals surface area contributed by atoms with E-state index in [2.05, 4.69) is 36.0 Å². The van der Waals surface area contributed by atoms with Crippen molar-refractivity contribution in [3.05, 3.63) is 29.2 Å².